The average molecular weight is 498 g/mol. The van der Waals surface area contributed by atoms with Crippen LogP contribution in [0.5, 0.6) is 5.75 Å². The lowest BCUT2D eigenvalue weighted by molar-refractivity contribution is 0.0827. The van der Waals surface area contributed by atoms with E-state index >= 15 is 0 Å². The molecule has 0 fully saturated rings. The van der Waals surface area contributed by atoms with Gasteiger partial charge in [0, 0.05) is 32.2 Å². The van der Waals surface area contributed by atoms with Crippen LogP contribution in [0.25, 0.3) is 0 Å². The summed E-state index contributed by atoms with van der Waals surface area (Å²) in [5.41, 5.74) is 3.11. The Bertz CT molecular complexity index is 1250. The lowest BCUT2D eigenvalue weighted by Gasteiger charge is -2.22. The maximum absolute atomic E-state index is 12.2. The van der Waals surface area contributed by atoms with Gasteiger partial charge in [-0.25, -0.2) is 8.42 Å². The third-order valence-corrected chi connectivity index (χ3v) is 6.10. The zero-order valence-corrected chi connectivity index (χ0v) is 20.8. The molecule has 0 aliphatic carbocycles. The second-order valence-electron chi connectivity index (χ2n) is 8.64. The summed E-state index contributed by atoms with van der Waals surface area (Å²) < 4.78 is 25.4. The van der Waals surface area contributed by atoms with E-state index in [1.807, 2.05) is 42.5 Å². The Morgan fingerprint density at radius 3 is 2.20 bits per heavy atom. The molecule has 35 heavy (non-hydrogen) atoms. The number of aliphatic hydroxyl groups excluding tert-OH is 1. The fraction of sp³-hybridized carbons (Fsp3) is 0.269. The zero-order valence-electron chi connectivity index (χ0n) is 20.0. The van der Waals surface area contributed by atoms with Crippen molar-refractivity contribution < 1.29 is 23.4 Å². The standard InChI is InChI=1S/C26H31N3O5S/c1-29(2)26(32)20-11-9-19(10-12-20)22(15-18-7-5-4-6-8-18)27-17-25(31)21-13-14-24(30)23(16-21)28-35(3,33)34/h4-14,16,22,25,27-28,30-31H,15,17H2,1-3H3/t22?,25-/m0/s1. The third-order valence-electron chi connectivity index (χ3n) is 5.51. The molecule has 1 amide bonds. The highest BCUT2D eigenvalue weighted by Gasteiger charge is 2.18. The summed E-state index contributed by atoms with van der Waals surface area (Å²) >= 11 is 0. The Kier molecular flexibility index (Phi) is 8.50. The summed E-state index contributed by atoms with van der Waals surface area (Å²) in [4.78, 5) is 13.8. The van der Waals surface area contributed by atoms with Crippen LogP contribution in [0.3, 0.4) is 0 Å². The van der Waals surface area contributed by atoms with E-state index in [0.29, 0.717) is 17.5 Å². The second kappa shape index (κ2) is 11.4. The van der Waals surface area contributed by atoms with Crippen LogP contribution in [-0.4, -0.2) is 56.3 Å². The van der Waals surface area contributed by atoms with E-state index in [9.17, 15) is 23.4 Å². The van der Waals surface area contributed by atoms with E-state index in [4.69, 9.17) is 0 Å². The number of nitrogens with zero attached hydrogens (tertiary/aromatic N) is 1. The fourth-order valence-electron chi connectivity index (χ4n) is 3.69. The normalized spacial score (nSPS) is 13.1. The molecule has 0 radical (unpaired) electrons. The Hall–Kier alpha value is -3.40. The molecule has 4 N–H and O–H groups in total. The zero-order chi connectivity index (χ0) is 25.6. The fourth-order valence-corrected chi connectivity index (χ4v) is 4.25. The van der Waals surface area contributed by atoms with Crippen molar-refractivity contribution in [2.24, 2.45) is 0 Å². The number of rotatable bonds is 10. The van der Waals surface area contributed by atoms with Crippen molar-refractivity contribution in [1.29, 1.82) is 0 Å². The molecule has 0 saturated heterocycles. The van der Waals surface area contributed by atoms with Gasteiger partial charge in [0.05, 0.1) is 18.0 Å². The van der Waals surface area contributed by atoms with Gasteiger partial charge in [-0.3, -0.25) is 9.52 Å². The Labute approximate surface area is 206 Å². The third kappa shape index (κ3) is 7.54. The van der Waals surface area contributed by atoms with Gasteiger partial charge in [-0.05, 0) is 47.4 Å². The Morgan fingerprint density at radius 1 is 0.971 bits per heavy atom. The highest BCUT2D eigenvalue weighted by Crippen LogP contribution is 2.28. The number of amides is 1. The minimum absolute atomic E-state index is 0.00559. The average Bonchev–Trinajstić information content (AvgIpc) is 2.82. The molecule has 1 unspecified atom stereocenters. The molecule has 0 heterocycles. The second-order valence-corrected chi connectivity index (χ2v) is 10.4. The van der Waals surface area contributed by atoms with Gasteiger partial charge < -0.3 is 20.4 Å². The summed E-state index contributed by atoms with van der Waals surface area (Å²) in [6.45, 7) is 0.180. The van der Waals surface area contributed by atoms with Gasteiger partial charge in [-0.2, -0.15) is 0 Å². The summed E-state index contributed by atoms with van der Waals surface area (Å²) in [5.74, 6) is -0.306. The van der Waals surface area contributed by atoms with Crippen LogP contribution >= 0.6 is 0 Å². The van der Waals surface area contributed by atoms with Crippen molar-refractivity contribution in [3.63, 3.8) is 0 Å². The molecule has 0 aromatic heterocycles. The van der Waals surface area contributed by atoms with Crippen molar-refractivity contribution in [1.82, 2.24) is 10.2 Å². The van der Waals surface area contributed by atoms with Crippen LogP contribution in [-0.2, 0) is 16.4 Å². The molecule has 2 atom stereocenters. The van der Waals surface area contributed by atoms with E-state index in [0.717, 1.165) is 17.4 Å². The van der Waals surface area contributed by atoms with E-state index in [1.165, 1.54) is 17.0 Å². The van der Waals surface area contributed by atoms with Crippen LogP contribution in [0.15, 0.2) is 72.8 Å². The molecule has 3 rings (SSSR count). The van der Waals surface area contributed by atoms with Gasteiger partial charge in [0.25, 0.3) is 5.91 Å². The van der Waals surface area contributed by atoms with Gasteiger partial charge in [0.1, 0.15) is 5.75 Å². The van der Waals surface area contributed by atoms with Gasteiger partial charge >= 0.3 is 0 Å². The molecule has 0 bridgehead atoms. The van der Waals surface area contributed by atoms with Crippen molar-refractivity contribution in [3.05, 3.63) is 95.1 Å². The van der Waals surface area contributed by atoms with E-state index in [1.54, 1.807) is 32.3 Å². The van der Waals surface area contributed by atoms with E-state index in [-0.39, 0.29) is 29.9 Å². The molecule has 9 heteroatoms. The molecule has 186 valence electrons. The number of carbonyl (C=O) groups is 1. The minimum Gasteiger partial charge on any atom is -0.506 e. The van der Waals surface area contributed by atoms with Crippen LogP contribution in [0.2, 0.25) is 0 Å². The van der Waals surface area contributed by atoms with E-state index < -0.39 is 16.1 Å². The number of nitrogens with one attached hydrogen (secondary N) is 2. The highest BCUT2D eigenvalue weighted by molar-refractivity contribution is 7.92. The number of hydrogen-bond acceptors (Lipinski definition) is 6. The number of benzene rings is 3. The molecule has 0 aliphatic heterocycles. The van der Waals surface area contributed by atoms with Gasteiger partial charge in [0.15, 0.2) is 0 Å². The van der Waals surface area contributed by atoms with Crippen LogP contribution in [0, 0.1) is 0 Å². The van der Waals surface area contributed by atoms with E-state index in [2.05, 4.69) is 10.0 Å². The number of aliphatic hydroxyl groups is 1. The highest BCUT2D eigenvalue weighted by atomic mass is 32.2. The molecule has 0 spiro atoms. The maximum atomic E-state index is 12.2. The smallest absolute Gasteiger partial charge is 0.253 e. The number of carbonyl (C=O) groups excluding carboxylic acids is 1. The Balaban J connectivity index is 1.79. The van der Waals surface area contributed by atoms with Crippen LogP contribution in [0.4, 0.5) is 5.69 Å². The number of sulfonamides is 1. The molecule has 0 saturated carbocycles. The summed E-state index contributed by atoms with van der Waals surface area (Å²) in [6, 6.07) is 21.5. The molecular weight excluding hydrogens is 466 g/mol. The summed E-state index contributed by atoms with van der Waals surface area (Å²) in [6.07, 6.45) is 0.691. The minimum atomic E-state index is -3.59. The predicted octanol–water partition coefficient (Wildman–Crippen LogP) is 3.07. The number of anilines is 1. The van der Waals surface area contributed by atoms with Gasteiger partial charge in [0.2, 0.25) is 10.0 Å². The van der Waals surface area contributed by atoms with Crippen LogP contribution in [0.1, 0.15) is 39.2 Å². The lowest BCUT2D eigenvalue weighted by atomic mass is 9.97. The first-order valence-corrected chi connectivity index (χ1v) is 13.0. The molecule has 0 aliphatic rings. The van der Waals surface area contributed by atoms with Crippen molar-refractivity contribution in [2.75, 3.05) is 31.6 Å². The first-order valence-electron chi connectivity index (χ1n) is 11.1. The molecular formula is C26H31N3O5S. The molecule has 3 aromatic carbocycles. The lowest BCUT2D eigenvalue weighted by Crippen LogP contribution is -2.28. The Morgan fingerprint density at radius 2 is 1.60 bits per heavy atom. The first-order chi connectivity index (χ1) is 16.5. The number of aromatic hydroxyl groups is 1. The van der Waals surface area contributed by atoms with Crippen LogP contribution < -0.4 is 10.0 Å². The molecule has 8 nitrogen and oxygen atoms in total. The van der Waals surface area contributed by atoms with Gasteiger partial charge in [-0.15, -0.1) is 0 Å². The number of hydrogen-bond donors (Lipinski definition) is 4. The summed E-state index contributed by atoms with van der Waals surface area (Å²) in [5, 5.41) is 24.1. The topological polar surface area (TPSA) is 119 Å². The van der Waals surface area contributed by atoms with Crippen molar-refractivity contribution in [3.8, 4) is 5.75 Å². The monoisotopic (exact) mass is 497 g/mol. The largest absolute Gasteiger partial charge is 0.506 e. The molecule has 3 aromatic rings. The summed E-state index contributed by atoms with van der Waals surface area (Å²) in [7, 11) is -0.176. The van der Waals surface area contributed by atoms with Gasteiger partial charge in [-0.1, -0.05) is 48.5 Å². The maximum Gasteiger partial charge on any atom is 0.253 e. The van der Waals surface area contributed by atoms with Crippen molar-refractivity contribution in [2.45, 2.75) is 18.6 Å². The first kappa shape index (κ1) is 26.2. The number of phenols is 1. The quantitative estimate of drug-likeness (QED) is 0.320. The SMILES string of the molecule is CN(C)C(=O)c1ccc(C(Cc2ccccc2)NC[C@H](O)c2ccc(O)c(NS(C)(=O)=O)c2)cc1. The predicted molar refractivity (Wildman–Crippen MR) is 137 cm³/mol. The van der Waals surface area contributed by atoms with Crippen molar-refractivity contribution >= 4 is 21.6 Å². The number of phenolic OH excluding ortho intramolecular Hbond substituents is 1.